The summed E-state index contributed by atoms with van der Waals surface area (Å²) in [5.74, 6) is -0.192. The average molecular weight is 370 g/mol. The van der Waals surface area contributed by atoms with Gasteiger partial charge in [-0.3, -0.25) is 4.79 Å². The minimum atomic E-state index is -3.50. The molecule has 0 fully saturated rings. The summed E-state index contributed by atoms with van der Waals surface area (Å²) in [6.07, 6.45) is 0. The highest BCUT2D eigenvalue weighted by atomic mass is 32.2. The molecule has 0 aliphatic heterocycles. The lowest BCUT2D eigenvalue weighted by Gasteiger charge is -2.18. The van der Waals surface area contributed by atoms with Gasteiger partial charge in [-0.15, -0.1) is 10.2 Å². The van der Waals surface area contributed by atoms with E-state index >= 15 is 0 Å². The zero-order valence-electron chi connectivity index (χ0n) is 13.3. The van der Waals surface area contributed by atoms with Gasteiger partial charge in [0.15, 0.2) is 0 Å². The third-order valence-corrected chi connectivity index (χ3v) is 6.09. The number of hydrogen-bond donors (Lipinski definition) is 1. The molecule has 10 heteroatoms. The van der Waals surface area contributed by atoms with Crippen molar-refractivity contribution in [3.63, 3.8) is 0 Å². The standard InChI is InChI=1S/C14H18N4O4S2/c1-3-18(4-2)24(20,21)11-7-5-10(6-8-11)13-16-17-14(22-13)23-9-12(15)19/h5-8H,3-4,9H2,1-2H3,(H2,15,19). The van der Waals surface area contributed by atoms with E-state index in [1.54, 1.807) is 26.0 Å². The molecule has 2 N–H and O–H groups in total. The van der Waals surface area contributed by atoms with Crippen LogP contribution < -0.4 is 5.73 Å². The Morgan fingerprint density at radius 1 is 1.21 bits per heavy atom. The van der Waals surface area contributed by atoms with Crippen LogP contribution in [0.2, 0.25) is 0 Å². The molecule has 0 aliphatic carbocycles. The van der Waals surface area contributed by atoms with Crippen LogP contribution >= 0.6 is 11.8 Å². The fraction of sp³-hybridized carbons (Fsp3) is 0.357. The first kappa shape index (κ1) is 18.4. The number of benzene rings is 1. The van der Waals surface area contributed by atoms with Gasteiger partial charge >= 0.3 is 0 Å². The van der Waals surface area contributed by atoms with Crippen LogP contribution in [-0.4, -0.2) is 47.7 Å². The predicted octanol–water partition coefficient (Wildman–Crippen LogP) is 1.34. The van der Waals surface area contributed by atoms with Crippen molar-refractivity contribution in [2.24, 2.45) is 5.73 Å². The normalized spacial score (nSPS) is 11.8. The number of rotatable bonds is 8. The second-order valence-electron chi connectivity index (χ2n) is 4.74. The molecule has 0 radical (unpaired) electrons. The fourth-order valence-electron chi connectivity index (χ4n) is 2.00. The topological polar surface area (TPSA) is 119 Å². The molecule has 0 aliphatic rings. The van der Waals surface area contributed by atoms with Crippen LogP contribution in [0.4, 0.5) is 0 Å². The molecule has 24 heavy (non-hydrogen) atoms. The highest BCUT2D eigenvalue weighted by Gasteiger charge is 2.21. The minimum Gasteiger partial charge on any atom is -0.411 e. The van der Waals surface area contributed by atoms with Crippen molar-refractivity contribution in [2.45, 2.75) is 24.0 Å². The molecule has 0 bridgehead atoms. The average Bonchev–Trinajstić information content (AvgIpc) is 3.03. The highest BCUT2D eigenvalue weighted by Crippen LogP contribution is 2.25. The lowest BCUT2D eigenvalue weighted by molar-refractivity contribution is -0.115. The van der Waals surface area contributed by atoms with Gasteiger partial charge in [0.25, 0.3) is 5.22 Å². The minimum absolute atomic E-state index is 0.0443. The summed E-state index contributed by atoms with van der Waals surface area (Å²) in [5.41, 5.74) is 5.64. The number of thioether (sulfide) groups is 1. The van der Waals surface area contributed by atoms with Gasteiger partial charge in [-0.25, -0.2) is 8.42 Å². The maximum absolute atomic E-state index is 12.4. The van der Waals surface area contributed by atoms with Crippen molar-refractivity contribution in [1.29, 1.82) is 0 Å². The molecule has 2 aromatic rings. The van der Waals surface area contributed by atoms with Gasteiger partial charge < -0.3 is 10.2 Å². The number of primary amides is 1. The van der Waals surface area contributed by atoms with Crippen molar-refractivity contribution in [2.75, 3.05) is 18.8 Å². The van der Waals surface area contributed by atoms with Crippen molar-refractivity contribution in [3.05, 3.63) is 24.3 Å². The van der Waals surface area contributed by atoms with Crippen molar-refractivity contribution < 1.29 is 17.6 Å². The molecule has 130 valence electrons. The highest BCUT2D eigenvalue weighted by molar-refractivity contribution is 7.99. The summed E-state index contributed by atoms with van der Waals surface area (Å²) in [4.78, 5) is 10.9. The van der Waals surface area contributed by atoms with Crippen molar-refractivity contribution in [1.82, 2.24) is 14.5 Å². The molecule has 1 aromatic carbocycles. The van der Waals surface area contributed by atoms with E-state index in [4.69, 9.17) is 10.2 Å². The molecular weight excluding hydrogens is 352 g/mol. The van der Waals surface area contributed by atoms with Gasteiger partial charge in [0.2, 0.25) is 21.8 Å². The SMILES string of the molecule is CCN(CC)S(=O)(=O)c1ccc(-c2nnc(SCC(N)=O)o2)cc1. The first-order valence-corrected chi connectivity index (χ1v) is 9.66. The van der Waals surface area contributed by atoms with E-state index in [2.05, 4.69) is 10.2 Å². The summed E-state index contributed by atoms with van der Waals surface area (Å²) in [6, 6.07) is 6.21. The van der Waals surface area contributed by atoms with Gasteiger partial charge in [-0.1, -0.05) is 25.6 Å². The summed E-state index contributed by atoms with van der Waals surface area (Å²) < 4.78 is 31.6. The van der Waals surface area contributed by atoms with Crippen molar-refractivity contribution in [3.8, 4) is 11.5 Å². The fourth-order valence-corrected chi connectivity index (χ4v) is 3.96. The summed E-state index contributed by atoms with van der Waals surface area (Å²) in [7, 11) is -3.50. The lowest BCUT2D eigenvalue weighted by Crippen LogP contribution is -2.30. The summed E-state index contributed by atoms with van der Waals surface area (Å²) in [6.45, 7) is 4.40. The maximum Gasteiger partial charge on any atom is 0.277 e. The molecule has 8 nitrogen and oxygen atoms in total. The van der Waals surface area contributed by atoms with Gasteiger partial charge in [0.1, 0.15) is 0 Å². The van der Waals surface area contributed by atoms with E-state index in [0.717, 1.165) is 11.8 Å². The monoisotopic (exact) mass is 370 g/mol. The smallest absolute Gasteiger partial charge is 0.277 e. The number of hydrogen-bond acceptors (Lipinski definition) is 7. The predicted molar refractivity (Wildman–Crippen MR) is 89.8 cm³/mol. The number of carbonyl (C=O) groups excluding carboxylic acids is 1. The third kappa shape index (κ3) is 4.13. The molecular formula is C14H18N4O4S2. The van der Waals surface area contributed by atoms with E-state index in [-0.39, 0.29) is 21.8 Å². The van der Waals surface area contributed by atoms with Gasteiger partial charge in [-0.05, 0) is 24.3 Å². The first-order valence-electron chi connectivity index (χ1n) is 7.23. The Balaban J connectivity index is 2.19. The first-order chi connectivity index (χ1) is 11.4. The van der Waals surface area contributed by atoms with Crippen LogP contribution in [0.3, 0.4) is 0 Å². The zero-order chi connectivity index (χ0) is 17.7. The van der Waals surface area contributed by atoms with E-state index < -0.39 is 15.9 Å². The Morgan fingerprint density at radius 3 is 2.38 bits per heavy atom. The Labute approximate surface area is 144 Å². The summed E-state index contributed by atoms with van der Waals surface area (Å²) >= 11 is 1.04. The van der Waals surface area contributed by atoms with E-state index in [9.17, 15) is 13.2 Å². The Morgan fingerprint density at radius 2 is 1.83 bits per heavy atom. The van der Waals surface area contributed by atoms with Crippen molar-refractivity contribution >= 4 is 27.7 Å². The zero-order valence-corrected chi connectivity index (χ0v) is 14.9. The summed E-state index contributed by atoms with van der Waals surface area (Å²) in [5, 5.41) is 7.90. The second-order valence-corrected chi connectivity index (χ2v) is 7.61. The molecule has 2 rings (SSSR count). The number of carbonyl (C=O) groups is 1. The second kappa shape index (κ2) is 7.77. The van der Waals surface area contributed by atoms with Crippen LogP contribution in [0.1, 0.15) is 13.8 Å². The number of sulfonamides is 1. The third-order valence-electron chi connectivity index (χ3n) is 3.19. The van der Waals surface area contributed by atoms with E-state index in [1.807, 2.05) is 0 Å². The van der Waals surface area contributed by atoms with E-state index in [1.165, 1.54) is 16.4 Å². The van der Waals surface area contributed by atoms with Crippen LogP contribution in [0.25, 0.3) is 11.5 Å². The van der Waals surface area contributed by atoms with E-state index in [0.29, 0.717) is 18.7 Å². The van der Waals surface area contributed by atoms with Crippen LogP contribution in [0.15, 0.2) is 38.8 Å². The molecule has 0 saturated heterocycles. The van der Waals surface area contributed by atoms with Gasteiger partial charge in [0.05, 0.1) is 10.6 Å². The molecule has 0 saturated carbocycles. The van der Waals surface area contributed by atoms with Crippen LogP contribution in [0.5, 0.6) is 0 Å². The molecule has 1 amide bonds. The molecule has 0 atom stereocenters. The van der Waals surface area contributed by atoms with Gasteiger partial charge in [-0.2, -0.15) is 4.31 Å². The Hall–Kier alpha value is -1.91. The molecule has 1 aromatic heterocycles. The number of nitrogens with zero attached hydrogens (tertiary/aromatic N) is 3. The Bertz CT molecular complexity index is 798. The van der Waals surface area contributed by atoms with Crippen LogP contribution in [-0.2, 0) is 14.8 Å². The van der Waals surface area contributed by atoms with Gasteiger partial charge in [0, 0.05) is 18.7 Å². The maximum atomic E-state index is 12.4. The van der Waals surface area contributed by atoms with Crippen LogP contribution in [0, 0.1) is 0 Å². The number of amides is 1. The molecule has 1 heterocycles. The quantitative estimate of drug-likeness (QED) is 0.696. The Kier molecular flexibility index (Phi) is 5.97. The lowest BCUT2D eigenvalue weighted by atomic mass is 10.2. The number of aromatic nitrogens is 2. The molecule has 0 spiro atoms. The largest absolute Gasteiger partial charge is 0.411 e. The number of nitrogens with two attached hydrogens (primary N) is 1. The molecule has 0 unspecified atom stereocenters.